The number of halogens is 3. The van der Waals surface area contributed by atoms with Gasteiger partial charge in [-0.3, -0.25) is 0 Å². The Morgan fingerprint density at radius 1 is 1.13 bits per heavy atom. The van der Waals surface area contributed by atoms with Crippen LogP contribution in [0.15, 0.2) is 36.4 Å². The van der Waals surface area contributed by atoms with E-state index in [0.717, 1.165) is 6.08 Å². The van der Waals surface area contributed by atoms with Gasteiger partial charge in [0, 0.05) is 0 Å². The lowest BCUT2D eigenvalue weighted by Crippen LogP contribution is -2.39. The molecule has 1 N–H and O–H groups in total. The summed E-state index contributed by atoms with van der Waals surface area (Å²) in [6.45, 7) is 0.715. The highest BCUT2D eigenvalue weighted by Crippen LogP contribution is 2.31. The number of rotatable bonds is 2. The molecule has 0 fully saturated rings. The Kier molecular flexibility index (Phi) is 3.19. The fourth-order valence-electron chi connectivity index (χ4n) is 0.917. The number of aliphatic hydroxyl groups is 1. The van der Waals surface area contributed by atoms with Gasteiger partial charge in [0.05, 0.1) is 0 Å². The van der Waals surface area contributed by atoms with E-state index in [1.807, 2.05) is 0 Å². The van der Waals surface area contributed by atoms with Crippen LogP contribution in [-0.2, 0) is 0 Å². The van der Waals surface area contributed by atoms with Gasteiger partial charge < -0.3 is 5.11 Å². The minimum Gasteiger partial charge on any atom is -0.377 e. The normalized spacial score (nSPS) is 16.6. The van der Waals surface area contributed by atoms with E-state index in [2.05, 4.69) is 0 Å². The van der Waals surface area contributed by atoms with Crippen molar-refractivity contribution in [2.24, 2.45) is 0 Å². The van der Waals surface area contributed by atoms with Gasteiger partial charge in [-0.05, 0) is 18.6 Å². The third-order valence-electron chi connectivity index (χ3n) is 1.97. The van der Waals surface area contributed by atoms with Crippen LogP contribution < -0.4 is 0 Å². The summed E-state index contributed by atoms with van der Waals surface area (Å²) in [6, 6.07) is 8.50. The predicted octanol–water partition coefficient (Wildman–Crippen LogP) is 3.01. The quantitative estimate of drug-likeness (QED) is 0.805. The van der Waals surface area contributed by atoms with Crippen LogP contribution in [0.25, 0.3) is 6.08 Å². The van der Waals surface area contributed by atoms with Crippen LogP contribution in [0.1, 0.15) is 12.5 Å². The second-order valence-electron chi connectivity index (χ2n) is 3.39. The molecule has 82 valence electrons. The Bertz CT molecular complexity index is 339. The molecule has 15 heavy (non-hydrogen) atoms. The molecule has 0 aliphatic rings. The van der Waals surface area contributed by atoms with Crippen molar-refractivity contribution in [2.45, 2.75) is 18.7 Å². The first-order valence-corrected chi connectivity index (χ1v) is 4.36. The average Bonchev–Trinajstić information content (AvgIpc) is 2.15. The lowest BCUT2D eigenvalue weighted by molar-refractivity contribution is -0.232. The van der Waals surface area contributed by atoms with Crippen molar-refractivity contribution in [3.05, 3.63) is 42.0 Å². The maximum absolute atomic E-state index is 12.2. The van der Waals surface area contributed by atoms with Crippen molar-refractivity contribution in [3.63, 3.8) is 0 Å². The van der Waals surface area contributed by atoms with Crippen LogP contribution in [-0.4, -0.2) is 16.9 Å². The number of benzene rings is 1. The molecule has 1 unspecified atom stereocenters. The lowest BCUT2D eigenvalue weighted by atomic mass is 10.0. The molecule has 0 amide bonds. The fraction of sp³-hybridized carbons (Fsp3) is 0.273. The highest BCUT2D eigenvalue weighted by Gasteiger charge is 2.47. The molecule has 1 atom stereocenters. The molecule has 0 radical (unpaired) electrons. The van der Waals surface area contributed by atoms with Crippen molar-refractivity contribution in [2.75, 3.05) is 0 Å². The predicted molar refractivity (Wildman–Crippen MR) is 52.2 cm³/mol. The van der Waals surface area contributed by atoms with E-state index < -0.39 is 11.8 Å². The molecule has 1 nitrogen and oxygen atoms in total. The summed E-state index contributed by atoms with van der Waals surface area (Å²) in [5.74, 6) is 0. The van der Waals surface area contributed by atoms with Gasteiger partial charge in [0.2, 0.25) is 0 Å². The first kappa shape index (κ1) is 11.8. The van der Waals surface area contributed by atoms with Crippen LogP contribution in [0.5, 0.6) is 0 Å². The van der Waals surface area contributed by atoms with E-state index in [9.17, 15) is 13.2 Å². The van der Waals surface area contributed by atoms with E-state index in [1.54, 1.807) is 30.3 Å². The molecule has 0 bridgehead atoms. The molecule has 0 spiro atoms. The first-order valence-electron chi connectivity index (χ1n) is 4.36. The van der Waals surface area contributed by atoms with E-state index in [4.69, 9.17) is 5.11 Å². The second-order valence-corrected chi connectivity index (χ2v) is 3.39. The van der Waals surface area contributed by atoms with Gasteiger partial charge in [0.1, 0.15) is 0 Å². The number of alkyl halides is 3. The minimum atomic E-state index is -4.65. The largest absolute Gasteiger partial charge is 0.420 e. The van der Waals surface area contributed by atoms with Gasteiger partial charge in [0.25, 0.3) is 0 Å². The number of hydrogen-bond acceptors (Lipinski definition) is 1. The maximum atomic E-state index is 12.2. The topological polar surface area (TPSA) is 20.2 Å². The first-order chi connectivity index (χ1) is 6.83. The fourth-order valence-corrected chi connectivity index (χ4v) is 0.917. The summed E-state index contributed by atoms with van der Waals surface area (Å²) in [6.07, 6.45) is -2.67. The summed E-state index contributed by atoms with van der Waals surface area (Å²) in [5, 5.41) is 9.10. The maximum Gasteiger partial charge on any atom is 0.420 e. The van der Waals surface area contributed by atoms with Gasteiger partial charge in [-0.1, -0.05) is 36.4 Å². The average molecular weight is 216 g/mol. The zero-order valence-corrected chi connectivity index (χ0v) is 8.12. The van der Waals surface area contributed by atoms with Crippen molar-refractivity contribution < 1.29 is 18.3 Å². The molecule has 0 saturated heterocycles. The molecule has 4 heteroatoms. The summed E-state index contributed by atoms with van der Waals surface area (Å²) in [4.78, 5) is 0. The Labute approximate surface area is 85.9 Å². The summed E-state index contributed by atoms with van der Waals surface area (Å²) >= 11 is 0. The van der Waals surface area contributed by atoms with Crippen LogP contribution in [0.3, 0.4) is 0 Å². The summed E-state index contributed by atoms with van der Waals surface area (Å²) in [7, 11) is 0. The van der Waals surface area contributed by atoms with Gasteiger partial charge in [0.15, 0.2) is 5.60 Å². The van der Waals surface area contributed by atoms with E-state index in [-0.39, 0.29) is 0 Å². The molecule has 0 heterocycles. The third kappa shape index (κ3) is 3.09. The molecule has 1 rings (SSSR count). The zero-order valence-electron chi connectivity index (χ0n) is 8.12. The molecule has 0 aliphatic carbocycles. The number of hydrogen-bond donors (Lipinski definition) is 1. The minimum absolute atomic E-state index is 0.613. The van der Waals surface area contributed by atoms with Crippen LogP contribution in [0.4, 0.5) is 13.2 Å². The van der Waals surface area contributed by atoms with Crippen LogP contribution in [0, 0.1) is 0 Å². The molecule has 0 saturated carbocycles. The van der Waals surface area contributed by atoms with Crippen molar-refractivity contribution in [1.82, 2.24) is 0 Å². The summed E-state index contributed by atoms with van der Waals surface area (Å²) < 4.78 is 36.7. The summed E-state index contributed by atoms with van der Waals surface area (Å²) in [5.41, 5.74) is -2.18. The molecular formula is C11H11F3O. The van der Waals surface area contributed by atoms with Gasteiger partial charge in [-0.25, -0.2) is 0 Å². The molecule has 0 aliphatic heterocycles. The smallest absolute Gasteiger partial charge is 0.377 e. The standard InChI is InChI=1S/C11H11F3O/c1-10(15,11(12,13)14)8-7-9-5-3-2-4-6-9/h2-8,15H,1H3. The van der Waals surface area contributed by atoms with Crippen molar-refractivity contribution >= 4 is 6.08 Å². The van der Waals surface area contributed by atoms with Crippen molar-refractivity contribution in [1.29, 1.82) is 0 Å². The Morgan fingerprint density at radius 3 is 2.13 bits per heavy atom. The van der Waals surface area contributed by atoms with Gasteiger partial charge in [-0.15, -0.1) is 0 Å². The van der Waals surface area contributed by atoms with Crippen LogP contribution >= 0.6 is 0 Å². The highest BCUT2D eigenvalue weighted by atomic mass is 19.4. The van der Waals surface area contributed by atoms with Gasteiger partial charge in [-0.2, -0.15) is 13.2 Å². The Balaban J connectivity index is 2.83. The van der Waals surface area contributed by atoms with Crippen LogP contribution in [0.2, 0.25) is 0 Å². The molecular weight excluding hydrogens is 205 g/mol. The molecule has 1 aromatic rings. The highest BCUT2D eigenvalue weighted by molar-refractivity contribution is 5.50. The lowest BCUT2D eigenvalue weighted by Gasteiger charge is -2.22. The van der Waals surface area contributed by atoms with E-state index in [1.165, 1.54) is 6.08 Å². The van der Waals surface area contributed by atoms with Gasteiger partial charge >= 0.3 is 6.18 Å². The van der Waals surface area contributed by atoms with E-state index in [0.29, 0.717) is 12.5 Å². The zero-order chi connectivity index (χ0) is 11.5. The SMILES string of the molecule is CC(O)(C=Cc1ccccc1)C(F)(F)F. The molecule has 1 aromatic carbocycles. The molecule has 0 aromatic heterocycles. The Morgan fingerprint density at radius 2 is 1.67 bits per heavy atom. The van der Waals surface area contributed by atoms with Crippen molar-refractivity contribution in [3.8, 4) is 0 Å². The second kappa shape index (κ2) is 4.06. The third-order valence-corrected chi connectivity index (χ3v) is 1.97. The van der Waals surface area contributed by atoms with E-state index >= 15 is 0 Å². The Hall–Kier alpha value is -1.29. The monoisotopic (exact) mass is 216 g/mol.